The number of nitrogens with two attached hydrogens (primary N) is 1. The normalized spacial score (nSPS) is 17.6. The predicted octanol–water partition coefficient (Wildman–Crippen LogP) is 1.41. The molecule has 1 aliphatic rings. The van der Waals surface area contributed by atoms with Gasteiger partial charge in [0.2, 0.25) is 0 Å². The molecule has 0 spiro atoms. The molecule has 1 saturated carbocycles. The quantitative estimate of drug-likeness (QED) is 0.824. The Bertz CT molecular complexity index is 426. The fourth-order valence-corrected chi connectivity index (χ4v) is 2.97. The number of carbonyl (C=O) groups is 1. The molecule has 1 aliphatic carbocycles. The molecule has 6 heteroatoms. The van der Waals surface area contributed by atoms with E-state index in [1.54, 1.807) is 7.11 Å². The number of esters is 1. The molecule has 0 amide bonds. The topological polar surface area (TPSA) is 74.4 Å². The summed E-state index contributed by atoms with van der Waals surface area (Å²) in [5.74, 6) is -0.372. The molecule has 5 nitrogen and oxygen atoms in total. The van der Waals surface area contributed by atoms with Crippen molar-refractivity contribution in [3.8, 4) is 0 Å². The second-order valence-corrected chi connectivity index (χ2v) is 5.23. The summed E-state index contributed by atoms with van der Waals surface area (Å²) in [5, 5.41) is 0.816. The first-order valence-electron chi connectivity index (χ1n) is 5.47. The summed E-state index contributed by atoms with van der Waals surface area (Å²) in [5.41, 5.74) is 6.47. The van der Waals surface area contributed by atoms with Crippen LogP contribution in [0.4, 0.5) is 0 Å². The molecule has 0 aliphatic heterocycles. The Kier molecular flexibility index (Phi) is 3.46. The van der Waals surface area contributed by atoms with Crippen LogP contribution in [0, 0.1) is 0 Å². The molecule has 0 bridgehead atoms. The molecular weight excluding hydrogens is 240 g/mol. The highest BCUT2D eigenvalue weighted by Gasteiger charge is 2.38. The van der Waals surface area contributed by atoms with Gasteiger partial charge in [-0.1, -0.05) is 0 Å². The van der Waals surface area contributed by atoms with Crippen LogP contribution in [0.2, 0.25) is 0 Å². The van der Waals surface area contributed by atoms with E-state index in [-0.39, 0.29) is 11.5 Å². The first-order chi connectivity index (χ1) is 8.10. The van der Waals surface area contributed by atoms with Crippen LogP contribution in [-0.4, -0.2) is 25.2 Å². The van der Waals surface area contributed by atoms with Crippen molar-refractivity contribution in [2.24, 2.45) is 5.73 Å². The average molecular weight is 256 g/mol. The largest absolute Gasteiger partial charge is 0.465 e. The van der Waals surface area contributed by atoms with Crippen molar-refractivity contribution >= 4 is 17.3 Å². The zero-order valence-electron chi connectivity index (χ0n) is 9.99. The lowest BCUT2D eigenvalue weighted by Gasteiger charge is -2.35. The molecule has 2 N–H and O–H groups in total. The smallest absolute Gasteiger partial charge is 0.350 e. The van der Waals surface area contributed by atoms with E-state index in [0.29, 0.717) is 17.2 Å². The Labute approximate surface area is 104 Å². The first-order valence-corrected chi connectivity index (χ1v) is 6.28. The average Bonchev–Trinajstić information content (AvgIpc) is 2.70. The van der Waals surface area contributed by atoms with Crippen molar-refractivity contribution in [2.75, 3.05) is 14.2 Å². The lowest BCUT2D eigenvalue weighted by molar-refractivity contribution is 0.0601. The van der Waals surface area contributed by atoms with Crippen LogP contribution in [0.3, 0.4) is 0 Å². The summed E-state index contributed by atoms with van der Waals surface area (Å²) in [7, 11) is 2.93. The van der Waals surface area contributed by atoms with Crippen molar-refractivity contribution in [1.82, 2.24) is 4.98 Å². The molecule has 1 fully saturated rings. The minimum absolute atomic E-state index is 0.303. The SMILES string of the molecule is COCc1nc(C2(N)CCC2)sc1C(=O)OC. The number of rotatable bonds is 4. The Hall–Kier alpha value is -0.980. The van der Waals surface area contributed by atoms with E-state index < -0.39 is 0 Å². The molecular formula is C11H16N2O3S. The highest BCUT2D eigenvalue weighted by atomic mass is 32.1. The summed E-state index contributed by atoms with van der Waals surface area (Å²) < 4.78 is 9.77. The summed E-state index contributed by atoms with van der Waals surface area (Å²) in [6, 6.07) is 0. The third-order valence-corrected chi connectivity index (χ3v) is 4.32. The minimum atomic E-state index is -0.372. The van der Waals surface area contributed by atoms with Gasteiger partial charge in [0.15, 0.2) is 0 Å². The monoisotopic (exact) mass is 256 g/mol. The van der Waals surface area contributed by atoms with E-state index in [1.165, 1.54) is 18.4 Å². The van der Waals surface area contributed by atoms with Crippen LogP contribution < -0.4 is 5.73 Å². The van der Waals surface area contributed by atoms with Gasteiger partial charge in [0.25, 0.3) is 0 Å². The zero-order valence-corrected chi connectivity index (χ0v) is 10.8. The van der Waals surface area contributed by atoms with Crippen molar-refractivity contribution in [3.63, 3.8) is 0 Å². The number of ether oxygens (including phenoxy) is 2. The lowest BCUT2D eigenvalue weighted by Crippen LogP contribution is -2.43. The Morgan fingerprint density at radius 3 is 2.71 bits per heavy atom. The van der Waals surface area contributed by atoms with Gasteiger partial charge in [0.1, 0.15) is 9.88 Å². The summed E-state index contributed by atoms with van der Waals surface area (Å²) in [6.07, 6.45) is 2.96. The van der Waals surface area contributed by atoms with Crippen LogP contribution in [0.25, 0.3) is 0 Å². The van der Waals surface area contributed by atoms with Gasteiger partial charge >= 0.3 is 5.97 Å². The number of nitrogens with zero attached hydrogens (tertiary/aromatic N) is 1. The van der Waals surface area contributed by atoms with Crippen LogP contribution >= 0.6 is 11.3 Å². The molecule has 1 heterocycles. The molecule has 17 heavy (non-hydrogen) atoms. The summed E-state index contributed by atoms with van der Waals surface area (Å²) >= 11 is 1.32. The van der Waals surface area contributed by atoms with Gasteiger partial charge in [0, 0.05) is 7.11 Å². The maximum absolute atomic E-state index is 11.6. The molecule has 0 radical (unpaired) electrons. The van der Waals surface area contributed by atoms with Gasteiger partial charge in [-0.05, 0) is 19.3 Å². The summed E-state index contributed by atoms with van der Waals surface area (Å²) in [4.78, 5) is 16.5. The van der Waals surface area contributed by atoms with Gasteiger partial charge in [-0.3, -0.25) is 0 Å². The Morgan fingerprint density at radius 1 is 1.53 bits per heavy atom. The van der Waals surface area contributed by atoms with Crippen molar-refractivity contribution in [1.29, 1.82) is 0 Å². The third kappa shape index (κ3) is 2.20. The number of hydrogen-bond donors (Lipinski definition) is 1. The fraction of sp³-hybridized carbons (Fsp3) is 0.636. The fourth-order valence-electron chi connectivity index (χ4n) is 1.82. The van der Waals surface area contributed by atoms with E-state index in [2.05, 4.69) is 4.98 Å². The highest BCUT2D eigenvalue weighted by molar-refractivity contribution is 7.13. The van der Waals surface area contributed by atoms with Gasteiger partial charge in [0.05, 0.1) is 24.9 Å². The minimum Gasteiger partial charge on any atom is -0.465 e. The van der Waals surface area contributed by atoms with E-state index >= 15 is 0 Å². The highest BCUT2D eigenvalue weighted by Crippen LogP contribution is 2.41. The third-order valence-electron chi connectivity index (χ3n) is 3.02. The molecule has 0 atom stereocenters. The van der Waals surface area contributed by atoms with Gasteiger partial charge in [-0.25, -0.2) is 9.78 Å². The number of methoxy groups -OCH3 is 2. The van der Waals surface area contributed by atoms with Crippen LogP contribution in [-0.2, 0) is 21.6 Å². The first kappa shape index (κ1) is 12.5. The van der Waals surface area contributed by atoms with Gasteiger partial charge in [-0.2, -0.15) is 0 Å². The molecule has 0 unspecified atom stereocenters. The molecule has 94 valence electrons. The molecule has 1 aromatic heterocycles. The van der Waals surface area contributed by atoms with Crippen molar-refractivity contribution < 1.29 is 14.3 Å². The second kappa shape index (κ2) is 4.72. The Balaban J connectivity index is 2.33. The molecule has 1 aromatic rings. The van der Waals surface area contributed by atoms with E-state index in [4.69, 9.17) is 15.2 Å². The van der Waals surface area contributed by atoms with Gasteiger partial charge in [-0.15, -0.1) is 11.3 Å². The van der Waals surface area contributed by atoms with Crippen LogP contribution in [0.1, 0.15) is 39.6 Å². The molecule has 0 aromatic carbocycles. The number of aromatic nitrogens is 1. The van der Waals surface area contributed by atoms with Crippen LogP contribution in [0.5, 0.6) is 0 Å². The van der Waals surface area contributed by atoms with E-state index in [1.807, 2.05) is 0 Å². The van der Waals surface area contributed by atoms with Crippen molar-refractivity contribution in [2.45, 2.75) is 31.4 Å². The van der Waals surface area contributed by atoms with Crippen molar-refractivity contribution in [3.05, 3.63) is 15.6 Å². The number of carbonyl (C=O) groups excluding carboxylic acids is 1. The second-order valence-electron chi connectivity index (χ2n) is 4.23. The number of hydrogen-bond acceptors (Lipinski definition) is 6. The van der Waals surface area contributed by atoms with Crippen LogP contribution in [0.15, 0.2) is 0 Å². The molecule has 0 saturated heterocycles. The van der Waals surface area contributed by atoms with Gasteiger partial charge < -0.3 is 15.2 Å². The van der Waals surface area contributed by atoms with E-state index in [9.17, 15) is 4.79 Å². The summed E-state index contributed by atoms with van der Waals surface area (Å²) in [6.45, 7) is 0.303. The Morgan fingerprint density at radius 2 is 2.24 bits per heavy atom. The van der Waals surface area contributed by atoms with E-state index in [0.717, 1.165) is 24.3 Å². The molecule has 2 rings (SSSR count). The predicted molar refractivity (Wildman–Crippen MR) is 63.9 cm³/mol. The maximum Gasteiger partial charge on any atom is 0.350 e. The standard InChI is InChI=1S/C11H16N2O3S/c1-15-6-7-8(9(14)16-2)17-10(13-7)11(12)4-3-5-11/h3-6,12H2,1-2H3. The lowest BCUT2D eigenvalue weighted by atomic mass is 9.78. The maximum atomic E-state index is 11.6. The zero-order chi connectivity index (χ0) is 12.5. The number of thiazole rings is 1.